The van der Waals surface area contributed by atoms with E-state index in [0.29, 0.717) is 0 Å². The zero-order chi connectivity index (χ0) is 4.12. The molecule has 0 saturated carbocycles. The number of rotatable bonds is 1. The summed E-state index contributed by atoms with van der Waals surface area (Å²) in [4.78, 5) is 0. The molecular formula is C5H7Cl2Ti. The van der Waals surface area contributed by atoms with E-state index in [4.69, 9.17) is 6.58 Å². The van der Waals surface area contributed by atoms with Gasteiger partial charge in [-0.1, -0.05) is 6.92 Å². The van der Waals surface area contributed by atoms with E-state index in [9.17, 15) is 0 Å². The number of hydrogen-bond acceptors (Lipinski definition) is 0. The molecular weight excluding hydrogens is 179 g/mol. The Balaban J connectivity index is -0.0000000267. The van der Waals surface area contributed by atoms with Gasteiger partial charge in [0.25, 0.3) is 0 Å². The molecule has 0 N–H and O–H groups in total. The first kappa shape index (κ1) is 23.3. The van der Waals surface area contributed by atoms with Crippen LogP contribution in [0.15, 0.2) is 18.2 Å². The molecule has 0 heterocycles. The second-order valence-electron chi connectivity index (χ2n) is 0.718. The molecule has 0 amide bonds. The van der Waals surface area contributed by atoms with Gasteiger partial charge >= 0.3 is 21.7 Å². The average Bonchev–Trinajstić information content (AvgIpc) is 1.41. The molecule has 0 spiro atoms. The van der Waals surface area contributed by atoms with Gasteiger partial charge in [-0.05, 0) is 0 Å². The summed E-state index contributed by atoms with van der Waals surface area (Å²) in [6.07, 6.45) is 5.15. The summed E-state index contributed by atoms with van der Waals surface area (Å²) in [5, 5.41) is 0. The summed E-state index contributed by atoms with van der Waals surface area (Å²) >= 11 is 0. The molecule has 8 heavy (non-hydrogen) atoms. The predicted molar refractivity (Wildman–Crippen MR) is 23.7 cm³/mol. The van der Waals surface area contributed by atoms with Gasteiger partial charge < -0.3 is 24.8 Å². The van der Waals surface area contributed by atoms with Gasteiger partial charge in [0.2, 0.25) is 0 Å². The number of hydrogen-bond donors (Lipinski definition) is 0. The van der Waals surface area contributed by atoms with E-state index in [2.05, 4.69) is 0 Å². The van der Waals surface area contributed by atoms with Crippen LogP contribution in [0.3, 0.4) is 0 Å². The average molecular weight is 186 g/mol. The molecule has 1 radical (unpaired) electrons. The summed E-state index contributed by atoms with van der Waals surface area (Å²) in [5.41, 5.74) is 0. The molecule has 0 aromatic carbocycles. The molecule has 0 aromatic heterocycles. The van der Waals surface area contributed by atoms with Crippen LogP contribution < -0.4 is 24.8 Å². The fourth-order valence-corrected chi connectivity index (χ4v) is 0.111. The zero-order valence-electron chi connectivity index (χ0n) is 4.57. The van der Waals surface area contributed by atoms with E-state index in [1.54, 1.807) is 6.08 Å². The standard InChI is InChI=1S/C5H7.2ClH.Ti/c1-3-5-4-2;;;/h1,3-5H,2H3;2*1H;/q-1;;;+3/p-2/b5-4+;;;. The Morgan fingerprint density at radius 3 is 1.62 bits per heavy atom. The van der Waals surface area contributed by atoms with Gasteiger partial charge in [0.1, 0.15) is 0 Å². The third kappa shape index (κ3) is 29.3. The molecule has 0 fully saturated rings. The Hall–Kier alpha value is 0.774. The second-order valence-corrected chi connectivity index (χ2v) is 0.718. The van der Waals surface area contributed by atoms with Crippen molar-refractivity contribution in [1.29, 1.82) is 0 Å². The second kappa shape index (κ2) is 25.0. The third-order valence-electron chi connectivity index (χ3n) is 0.304. The summed E-state index contributed by atoms with van der Waals surface area (Å²) < 4.78 is 0. The number of halogens is 2. The molecule has 0 nitrogen and oxygen atoms in total. The van der Waals surface area contributed by atoms with Crippen LogP contribution in [0.1, 0.15) is 6.92 Å². The Labute approximate surface area is 78.1 Å². The van der Waals surface area contributed by atoms with Crippen LogP contribution in [0.4, 0.5) is 0 Å². The molecule has 0 atom stereocenters. The van der Waals surface area contributed by atoms with Crippen molar-refractivity contribution in [2.45, 2.75) is 6.92 Å². The molecule has 0 bridgehead atoms. The Morgan fingerprint density at radius 1 is 1.25 bits per heavy atom. The fourth-order valence-electron chi connectivity index (χ4n) is 0.111. The van der Waals surface area contributed by atoms with Crippen molar-refractivity contribution < 1.29 is 46.5 Å². The molecule has 45 valence electrons. The molecule has 0 aliphatic rings. The van der Waals surface area contributed by atoms with Crippen LogP contribution in [-0.2, 0) is 21.7 Å². The van der Waals surface area contributed by atoms with Crippen LogP contribution in [-0.4, -0.2) is 0 Å². The van der Waals surface area contributed by atoms with Crippen molar-refractivity contribution in [2.24, 2.45) is 0 Å². The third-order valence-corrected chi connectivity index (χ3v) is 0.304. The summed E-state index contributed by atoms with van der Waals surface area (Å²) in [5.74, 6) is 0. The van der Waals surface area contributed by atoms with Crippen LogP contribution in [0.2, 0.25) is 0 Å². The largest absolute Gasteiger partial charge is 3.00 e. The molecule has 0 aromatic rings. The maximum Gasteiger partial charge on any atom is 3.00 e. The summed E-state index contributed by atoms with van der Waals surface area (Å²) in [6.45, 7) is 6.85. The molecule has 3 heteroatoms. The predicted octanol–water partition coefficient (Wildman–Crippen LogP) is -4.44. The van der Waals surface area contributed by atoms with Crippen molar-refractivity contribution in [3.8, 4) is 0 Å². The molecule has 0 saturated heterocycles. The van der Waals surface area contributed by atoms with Crippen molar-refractivity contribution in [3.05, 3.63) is 24.8 Å². The summed E-state index contributed by atoms with van der Waals surface area (Å²) in [7, 11) is 0. The monoisotopic (exact) mass is 185 g/mol. The Kier molecular flexibility index (Phi) is 72.8. The quantitative estimate of drug-likeness (QED) is 0.220. The maximum atomic E-state index is 4.93. The molecule has 0 aliphatic carbocycles. The molecule has 0 unspecified atom stereocenters. The van der Waals surface area contributed by atoms with E-state index in [-0.39, 0.29) is 46.5 Å². The van der Waals surface area contributed by atoms with Crippen molar-refractivity contribution in [2.75, 3.05) is 0 Å². The molecule has 0 rings (SSSR count). The van der Waals surface area contributed by atoms with Crippen LogP contribution in [0.5, 0.6) is 0 Å². The minimum Gasteiger partial charge on any atom is -1.00 e. The van der Waals surface area contributed by atoms with Gasteiger partial charge in [-0.2, -0.15) is 6.08 Å². The fraction of sp³-hybridized carbons (Fsp3) is 0.200. The van der Waals surface area contributed by atoms with Gasteiger partial charge in [-0.3, -0.25) is 6.58 Å². The SMILES string of the molecule is [CH-]=C/C=C/C.[Cl-].[Cl-].[Ti+3]. The van der Waals surface area contributed by atoms with E-state index < -0.39 is 0 Å². The van der Waals surface area contributed by atoms with Gasteiger partial charge in [-0.25, -0.2) is 12.2 Å². The van der Waals surface area contributed by atoms with Crippen LogP contribution in [0.25, 0.3) is 0 Å². The van der Waals surface area contributed by atoms with Crippen LogP contribution >= 0.6 is 0 Å². The van der Waals surface area contributed by atoms with Gasteiger partial charge in [0, 0.05) is 0 Å². The van der Waals surface area contributed by atoms with Gasteiger partial charge in [0.05, 0.1) is 0 Å². The normalized spacial score (nSPS) is 5.62. The van der Waals surface area contributed by atoms with Crippen molar-refractivity contribution in [3.63, 3.8) is 0 Å². The van der Waals surface area contributed by atoms with Gasteiger partial charge in [-0.15, -0.1) is 0 Å². The zero-order valence-corrected chi connectivity index (χ0v) is 7.64. The minimum absolute atomic E-state index is 0. The Morgan fingerprint density at radius 2 is 1.62 bits per heavy atom. The van der Waals surface area contributed by atoms with E-state index in [1.807, 2.05) is 13.0 Å². The minimum atomic E-state index is 0. The Bertz CT molecular complexity index is 52.4. The van der Waals surface area contributed by atoms with E-state index >= 15 is 0 Å². The first-order valence-electron chi connectivity index (χ1n) is 1.58. The number of allylic oxidation sites excluding steroid dienone is 3. The van der Waals surface area contributed by atoms with Gasteiger partial charge in [0.15, 0.2) is 0 Å². The van der Waals surface area contributed by atoms with E-state index in [1.165, 1.54) is 6.08 Å². The maximum absolute atomic E-state index is 4.93. The first-order valence-corrected chi connectivity index (χ1v) is 1.58. The smallest absolute Gasteiger partial charge is 1.00 e. The first-order chi connectivity index (χ1) is 2.41. The van der Waals surface area contributed by atoms with Crippen LogP contribution in [0, 0.1) is 6.58 Å². The summed E-state index contributed by atoms with van der Waals surface area (Å²) in [6, 6.07) is 0. The topological polar surface area (TPSA) is 0 Å². The molecule has 0 aliphatic heterocycles. The van der Waals surface area contributed by atoms with Crippen molar-refractivity contribution in [1.82, 2.24) is 0 Å². The van der Waals surface area contributed by atoms with E-state index in [0.717, 1.165) is 0 Å². The van der Waals surface area contributed by atoms with Crippen molar-refractivity contribution >= 4 is 0 Å².